The summed E-state index contributed by atoms with van der Waals surface area (Å²) < 4.78 is 5.20. The molecule has 2 rings (SSSR count). The second-order valence-corrected chi connectivity index (χ2v) is 3.17. The fraction of sp³-hybridized carbons (Fsp3) is 0.333. The predicted octanol–water partition coefficient (Wildman–Crippen LogP) is 0.283. The Hall–Kier alpha value is -1.26. The van der Waals surface area contributed by atoms with Crippen molar-refractivity contribution in [3.05, 3.63) is 23.8 Å². The van der Waals surface area contributed by atoms with Gasteiger partial charge in [0.05, 0.1) is 6.61 Å². The van der Waals surface area contributed by atoms with Crippen LogP contribution in [0.25, 0.3) is 0 Å². The second kappa shape index (κ2) is 2.90. The van der Waals surface area contributed by atoms with E-state index < -0.39 is 0 Å². The lowest BCUT2D eigenvalue weighted by Crippen LogP contribution is -1.99. The van der Waals surface area contributed by atoms with Gasteiger partial charge in [-0.3, -0.25) is 0 Å². The van der Waals surface area contributed by atoms with E-state index in [0.717, 1.165) is 5.56 Å². The minimum absolute atomic E-state index is 0.0267. The molecule has 1 fully saturated rings. The molecule has 70 valence electrons. The van der Waals surface area contributed by atoms with E-state index in [1.807, 2.05) is 0 Å². The molecule has 4 nitrogen and oxygen atoms in total. The molecule has 1 aromatic carbocycles. The molecule has 13 heavy (non-hydrogen) atoms. The van der Waals surface area contributed by atoms with Crippen molar-refractivity contribution >= 4 is 11.4 Å². The van der Waals surface area contributed by atoms with E-state index in [2.05, 4.69) is 0 Å². The molecule has 1 aliphatic heterocycles. The number of epoxide rings is 1. The Kier molecular flexibility index (Phi) is 1.86. The van der Waals surface area contributed by atoms with Gasteiger partial charge in [0.15, 0.2) is 0 Å². The summed E-state index contributed by atoms with van der Waals surface area (Å²) in [5.74, 6) is 0. The van der Waals surface area contributed by atoms with Crippen molar-refractivity contribution in [2.24, 2.45) is 0 Å². The maximum Gasteiger partial charge on any atom is 0.114 e. The highest BCUT2D eigenvalue weighted by Gasteiger charge is 2.40. The van der Waals surface area contributed by atoms with E-state index in [4.69, 9.17) is 21.3 Å². The van der Waals surface area contributed by atoms with Gasteiger partial charge in [0.2, 0.25) is 0 Å². The molecule has 2 unspecified atom stereocenters. The van der Waals surface area contributed by atoms with E-state index in [1.54, 1.807) is 18.2 Å². The van der Waals surface area contributed by atoms with Crippen molar-refractivity contribution in [3.63, 3.8) is 0 Å². The lowest BCUT2D eigenvalue weighted by Gasteiger charge is -2.02. The zero-order valence-electron chi connectivity index (χ0n) is 7.10. The van der Waals surface area contributed by atoms with Crippen LogP contribution in [0.5, 0.6) is 0 Å². The van der Waals surface area contributed by atoms with Crippen LogP contribution < -0.4 is 11.5 Å². The Morgan fingerprint density at radius 1 is 1.38 bits per heavy atom. The molecule has 0 radical (unpaired) electrons. The summed E-state index contributed by atoms with van der Waals surface area (Å²) in [5, 5.41) is 8.80. The molecule has 0 amide bonds. The fourth-order valence-electron chi connectivity index (χ4n) is 1.39. The van der Waals surface area contributed by atoms with Crippen molar-refractivity contribution in [2.75, 3.05) is 18.1 Å². The highest BCUT2D eigenvalue weighted by Crippen LogP contribution is 2.41. The molecule has 1 aromatic rings. The number of benzene rings is 1. The SMILES string of the molecule is Nc1ccc(N)c(C2OC2CO)c1. The van der Waals surface area contributed by atoms with E-state index in [9.17, 15) is 0 Å². The standard InChI is InChI=1S/C9H12N2O2/c10-5-1-2-7(11)6(3-5)9-8(4-12)13-9/h1-3,8-9,12H,4,10-11H2. The van der Waals surface area contributed by atoms with Crippen LogP contribution in [-0.2, 0) is 4.74 Å². The number of aliphatic hydroxyl groups is 1. The molecule has 0 aromatic heterocycles. The third kappa shape index (κ3) is 1.46. The van der Waals surface area contributed by atoms with Crippen LogP contribution in [0.1, 0.15) is 11.7 Å². The Morgan fingerprint density at radius 3 is 2.77 bits per heavy atom. The van der Waals surface area contributed by atoms with Crippen LogP contribution in [0, 0.1) is 0 Å². The van der Waals surface area contributed by atoms with Gasteiger partial charge in [0.25, 0.3) is 0 Å². The number of aliphatic hydroxyl groups excluding tert-OH is 1. The minimum atomic E-state index is -0.107. The topological polar surface area (TPSA) is 84.8 Å². The van der Waals surface area contributed by atoms with Crippen molar-refractivity contribution in [1.82, 2.24) is 0 Å². The first-order chi connectivity index (χ1) is 6.22. The van der Waals surface area contributed by atoms with E-state index in [1.165, 1.54) is 0 Å². The van der Waals surface area contributed by atoms with Gasteiger partial charge in [-0.25, -0.2) is 0 Å². The number of nitrogens with two attached hydrogens (primary N) is 2. The molecule has 2 atom stereocenters. The molecule has 1 aliphatic rings. The Morgan fingerprint density at radius 2 is 2.15 bits per heavy atom. The molecule has 1 heterocycles. The largest absolute Gasteiger partial charge is 0.399 e. The monoisotopic (exact) mass is 180 g/mol. The van der Waals surface area contributed by atoms with E-state index >= 15 is 0 Å². The van der Waals surface area contributed by atoms with Gasteiger partial charge in [0, 0.05) is 16.9 Å². The maximum atomic E-state index is 8.80. The number of anilines is 2. The van der Waals surface area contributed by atoms with Crippen LogP contribution in [0.15, 0.2) is 18.2 Å². The summed E-state index contributed by atoms with van der Waals surface area (Å²) in [6.07, 6.45) is -0.183. The molecule has 1 saturated heterocycles. The first-order valence-corrected chi connectivity index (χ1v) is 4.13. The van der Waals surface area contributed by atoms with Crippen molar-refractivity contribution in [2.45, 2.75) is 12.2 Å². The van der Waals surface area contributed by atoms with Crippen LogP contribution in [0.2, 0.25) is 0 Å². The number of rotatable bonds is 2. The Bertz CT molecular complexity index is 327. The van der Waals surface area contributed by atoms with Crippen molar-refractivity contribution < 1.29 is 9.84 Å². The Labute approximate surface area is 76.1 Å². The molecule has 0 aliphatic carbocycles. The molecule has 0 saturated carbocycles. The smallest absolute Gasteiger partial charge is 0.114 e. The van der Waals surface area contributed by atoms with Crippen LogP contribution >= 0.6 is 0 Å². The quantitative estimate of drug-likeness (QED) is 0.451. The van der Waals surface area contributed by atoms with E-state index in [0.29, 0.717) is 11.4 Å². The fourth-order valence-corrected chi connectivity index (χ4v) is 1.39. The lowest BCUT2D eigenvalue weighted by atomic mass is 10.1. The number of nitrogen functional groups attached to an aromatic ring is 2. The van der Waals surface area contributed by atoms with Gasteiger partial charge >= 0.3 is 0 Å². The summed E-state index contributed by atoms with van der Waals surface area (Å²) in [7, 11) is 0. The predicted molar refractivity (Wildman–Crippen MR) is 50.0 cm³/mol. The highest BCUT2D eigenvalue weighted by molar-refractivity contribution is 5.57. The van der Waals surface area contributed by atoms with Gasteiger partial charge in [0.1, 0.15) is 12.2 Å². The second-order valence-electron chi connectivity index (χ2n) is 3.17. The highest BCUT2D eigenvalue weighted by atomic mass is 16.6. The van der Waals surface area contributed by atoms with Gasteiger partial charge < -0.3 is 21.3 Å². The zero-order valence-corrected chi connectivity index (χ0v) is 7.10. The number of hydrogen-bond acceptors (Lipinski definition) is 4. The molecule has 0 spiro atoms. The third-order valence-electron chi connectivity index (χ3n) is 2.18. The first kappa shape index (κ1) is 8.34. The summed E-state index contributed by atoms with van der Waals surface area (Å²) >= 11 is 0. The normalized spacial score (nSPS) is 25.9. The lowest BCUT2D eigenvalue weighted by molar-refractivity contribution is 0.242. The molecule has 4 heteroatoms. The summed E-state index contributed by atoms with van der Waals surface area (Å²) in [5.41, 5.74) is 13.5. The van der Waals surface area contributed by atoms with Crippen LogP contribution in [0.4, 0.5) is 11.4 Å². The molecular formula is C9H12N2O2. The summed E-state index contributed by atoms with van der Waals surface area (Å²) in [6, 6.07) is 5.28. The van der Waals surface area contributed by atoms with Crippen LogP contribution in [-0.4, -0.2) is 17.8 Å². The molecular weight excluding hydrogens is 168 g/mol. The van der Waals surface area contributed by atoms with E-state index in [-0.39, 0.29) is 18.8 Å². The average Bonchev–Trinajstić information content (AvgIpc) is 2.88. The van der Waals surface area contributed by atoms with Gasteiger partial charge in [-0.2, -0.15) is 0 Å². The zero-order chi connectivity index (χ0) is 9.42. The molecule has 0 bridgehead atoms. The van der Waals surface area contributed by atoms with Gasteiger partial charge in [-0.15, -0.1) is 0 Å². The maximum absolute atomic E-state index is 8.80. The summed E-state index contributed by atoms with van der Waals surface area (Å²) in [6.45, 7) is 0.0267. The third-order valence-corrected chi connectivity index (χ3v) is 2.18. The summed E-state index contributed by atoms with van der Waals surface area (Å²) in [4.78, 5) is 0. The molecule has 5 N–H and O–H groups in total. The van der Waals surface area contributed by atoms with Crippen LogP contribution in [0.3, 0.4) is 0 Å². The minimum Gasteiger partial charge on any atom is -0.399 e. The number of ether oxygens (including phenoxy) is 1. The van der Waals surface area contributed by atoms with Gasteiger partial charge in [-0.1, -0.05) is 0 Å². The first-order valence-electron chi connectivity index (χ1n) is 4.13. The van der Waals surface area contributed by atoms with Crippen molar-refractivity contribution in [1.29, 1.82) is 0 Å². The Balaban J connectivity index is 2.25. The average molecular weight is 180 g/mol. The number of hydrogen-bond donors (Lipinski definition) is 3. The van der Waals surface area contributed by atoms with Crippen molar-refractivity contribution in [3.8, 4) is 0 Å². The van der Waals surface area contributed by atoms with Gasteiger partial charge in [-0.05, 0) is 18.2 Å².